The molecule has 1 aliphatic heterocycles. The summed E-state index contributed by atoms with van der Waals surface area (Å²) in [5, 5.41) is 10.7. The van der Waals surface area contributed by atoms with Crippen LogP contribution in [0.3, 0.4) is 0 Å². The predicted octanol–water partition coefficient (Wildman–Crippen LogP) is 3.72. The van der Waals surface area contributed by atoms with E-state index in [0.29, 0.717) is 0 Å². The van der Waals surface area contributed by atoms with E-state index in [2.05, 4.69) is 6.58 Å². The summed E-state index contributed by atoms with van der Waals surface area (Å²) in [6.07, 6.45) is 1.60. The summed E-state index contributed by atoms with van der Waals surface area (Å²) >= 11 is 0. The molecule has 0 unspecified atom stereocenters. The van der Waals surface area contributed by atoms with Crippen LogP contribution in [-0.2, 0) is 4.79 Å². The molecule has 2 aromatic rings. The Balaban J connectivity index is 2.17. The number of benzene rings is 2. The van der Waals surface area contributed by atoms with Crippen LogP contribution < -0.4 is 4.90 Å². The number of para-hydroxylation sites is 1. The smallest absolute Gasteiger partial charge is 0.243 e. The number of carbonyl (C=O) groups is 1. The number of β-lactam (4-membered cyclic amide) rings is 1. The van der Waals surface area contributed by atoms with E-state index in [4.69, 9.17) is 0 Å². The van der Waals surface area contributed by atoms with Gasteiger partial charge in [-0.1, -0.05) is 54.6 Å². The lowest BCUT2D eigenvalue weighted by Crippen LogP contribution is -2.70. The number of carbonyl (C=O) groups excluding carboxylic acids is 1. The average molecular weight is 307 g/mol. The monoisotopic (exact) mass is 307 g/mol. The van der Waals surface area contributed by atoms with E-state index in [0.717, 1.165) is 11.3 Å². The second kappa shape index (κ2) is 5.36. The van der Waals surface area contributed by atoms with Crippen LogP contribution in [0.1, 0.15) is 25.5 Å². The van der Waals surface area contributed by atoms with Gasteiger partial charge >= 0.3 is 0 Å². The molecule has 1 heterocycles. The van der Waals surface area contributed by atoms with Gasteiger partial charge in [-0.3, -0.25) is 4.79 Å². The van der Waals surface area contributed by atoms with E-state index < -0.39 is 11.0 Å². The van der Waals surface area contributed by atoms with Crippen molar-refractivity contribution in [2.24, 2.45) is 5.41 Å². The van der Waals surface area contributed by atoms with Gasteiger partial charge < -0.3 is 10.0 Å². The number of aliphatic hydroxyl groups is 1. The topological polar surface area (TPSA) is 40.5 Å². The Labute approximate surface area is 136 Å². The normalized spacial score (nSPS) is 24.2. The molecule has 1 amide bonds. The molecule has 1 N–H and O–H groups in total. The summed E-state index contributed by atoms with van der Waals surface area (Å²) < 4.78 is 0. The zero-order valence-electron chi connectivity index (χ0n) is 13.4. The molecule has 118 valence electrons. The lowest BCUT2D eigenvalue weighted by molar-refractivity contribution is -0.154. The Morgan fingerprint density at radius 3 is 2.09 bits per heavy atom. The molecule has 3 heteroatoms. The van der Waals surface area contributed by atoms with Crippen LogP contribution in [0, 0.1) is 5.41 Å². The fourth-order valence-corrected chi connectivity index (χ4v) is 3.52. The SMILES string of the molecule is C=C[C@]1(C(C)(C)O)C(=O)N(c2ccccc2)[C@@H]1c1ccccc1. The molecule has 3 nitrogen and oxygen atoms in total. The molecule has 0 aliphatic carbocycles. The molecular formula is C20H21NO2. The van der Waals surface area contributed by atoms with Gasteiger partial charge in [0, 0.05) is 5.69 Å². The maximum atomic E-state index is 13.0. The Morgan fingerprint density at radius 2 is 1.61 bits per heavy atom. The van der Waals surface area contributed by atoms with Crippen LogP contribution in [0.15, 0.2) is 73.3 Å². The highest BCUT2D eigenvalue weighted by Crippen LogP contribution is 2.58. The fraction of sp³-hybridized carbons (Fsp3) is 0.250. The van der Waals surface area contributed by atoms with E-state index in [1.165, 1.54) is 0 Å². The Morgan fingerprint density at radius 1 is 1.09 bits per heavy atom. The second-order valence-corrected chi connectivity index (χ2v) is 6.46. The Kier molecular flexibility index (Phi) is 3.61. The summed E-state index contributed by atoms with van der Waals surface area (Å²) in [4.78, 5) is 14.8. The standard InChI is InChI=1S/C20H21NO2/c1-4-20(19(2,3)23)17(15-11-7-5-8-12-15)21(18(20)22)16-13-9-6-10-14-16/h4-14,17,23H,1H2,2-3H3/t17-,20-/m1/s1. The highest BCUT2D eigenvalue weighted by molar-refractivity contribution is 6.08. The van der Waals surface area contributed by atoms with Crippen molar-refractivity contribution < 1.29 is 9.90 Å². The van der Waals surface area contributed by atoms with Gasteiger partial charge in [0.15, 0.2) is 0 Å². The number of amides is 1. The number of nitrogens with zero attached hydrogens (tertiary/aromatic N) is 1. The Hall–Kier alpha value is -2.39. The van der Waals surface area contributed by atoms with Crippen molar-refractivity contribution in [2.75, 3.05) is 4.90 Å². The summed E-state index contributed by atoms with van der Waals surface area (Å²) in [5.41, 5.74) is -0.437. The molecule has 0 saturated carbocycles. The molecule has 1 saturated heterocycles. The zero-order chi connectivity index (χ0) is 16.7. The summed E-state index contributed by atoms with van der Waals surface area (Å²) in [7, 11) is 0. The molecule has 3 rings (SSSR count). The molecule has 2 aromatic carbocycles. The highest BCUT2D eigenvalue weighted by Gasteiger charge is 2.66. The number of hydrogen-bond acceptors (Lipinski definition) is 2. The minimum Gasteiger partial charge on any atom is -0.389 e. The van der Waals surface area contributed by atoms with Gasteiger partial charge in [-0.2, -0.15) is 0 Å². The van der Waals surface area contributed by atoms with E-state index in [9.17, 15) is 9.90 Å². The van der Waals surface area contributed by atoms with Gasteiger partial charge in [-0.05, 0) is 31.5 Å². The van der Waals surface area contributed by atoms with Crippen molar-refractivity contribution in [2.45, 2.75) is 25.5 Å². The molecule has 0 radical (unpaired) electrons. The van der Waals surface area contributed by atoms with Crippen molar-refractivity contribution in [3.8, 4) is 0 Å². The van der Waals surface area contributed by atoms with Crippen molar-refractivity contribution >= 4 is 11.6 Å². The van der Waals surface area contributed by atoms with Gasteiger partial charge in [0.2, 0.25) is 5.91 Å². The number of anilines is 1. The van der Waals surface area contributed by atoms with Gasteiger partial charge in [0.25, 0.3) is 0 Å². The minimum atomic E-state index is -1.21. The quantitative estimate of drug-likeness (QED) is 0.691. The minimum absolute atomic E-state index is 0.125. The molecule has 0 bridgehead atoms. The van der Waals surface area contributed by atoms with Crippen molar-refractivity contribution in [1.29, 1.82) is 0 Å². The van der Waals surface area contributed by atoms with Crippen molar-refractivity contribution in [1.82, 2.24) is 0 Å². The molecule has 1 fully saturated rings. The molecule has 1 aliphatic rings. The summed E-state index contributed by atoms with van der Waals surface area (Å²) in [6, 6.07) is 19.1. The average Bonchev–Trinajstić information content (AvgIpc) is 2.54. The van der Waals surface area contributed by atoms with Crippen LogP contribution in [0.25, 0.3) is 0 Å². The molecule has 0 spiro atoms. The maximum Gasteiger partial charge on any atom is 0.243 e. The van der Waals surface area contributed by atoms with Crippen molar-refractivity contribution in [3.05, 3.63) is 78.9 Å². The van der Waals surface area contributed by atoms with Crippen LogP contribution >= 0.6 is 0 Å². The lowest BCUT2D eigenvalue weighted by atomic mass is 9.59. The largest absolute Gasteiger partial charge is 0.389 e. The van der Waals surface area contributed by atoms with E-state index in [-0.39, 0.29) is 11.9 Å². The number of hydrogen-bond donors (Lipinski definition) is 1. The van der Waals surface area contributed by atoms with Crippen LogP contribution in [0.2, 0.25) is 0 Å². The summed E-state index contributed by atoms with van der Waals surface area (Å²) in [6.45, 7) is 7.21. The van der Waals surface area contributed by atoms with E-state index in [1.807, 2.05) is 60.7 Å². The first-order valence-corrected chi connectivity index (χ1v) is 7.73. The van der Waals surface area contributed by atoms with Crippen LogP contribution in [0.4, 0.5) is 5.69 Å². The third kappa shape index (κ3) is 2.12. The molecule has 23 heavy (non-hydrogen) atoms. The molecular weight excluding hydrogens is 286 g/mol. The lowest BCUT2D eigenvalue weighted by Gasteiger charge is -2.59. The fourth-order valence-electron chi connectivity index (χ4n) is 3.52. The van der Waals surface area contributed by atoms with Gasteiger partial charge in [0.05, 0.1) is 11.6 Å². The third-order valence-electron chi connectivity index (χ3n) is 4.75. The Bertz CT molecular complexity index is 718. The first-order valence-electron chi connectivity index (χ1n) is 7.73. The van der Waals surface area contributed by atoms with Gasteiger partial charge in [-0.15, -0.1) is 6.58 Å². The highest BCUT2D eigenvalue weighted by atomic mass is 16.3. The van der Waals surface area contributed by atoms with E-state index >= 15 is 0 Å². The summed E-state index contributed by atoms with van der Waals surface area (Å²) in [5.74, 6) is -0.125. The molecule has 0 aromatic heterocycles. The van der Waals surface area contributed by atoms with E-state index in [1.54, 1.807) is 24.8 Å². The van der Waals surface area contributed by atoms with Gasteiger partial charge in [0.1, 0.15) is 5.41 Å². The molecule has 2 atom stereocenters. The predicted molar refractivity (Wildman–Crippen MR) is 92.0 cm³/mol. The van der Waals surface area contributed by atoms with Gasteiger partial charge in [-0.25, -0.2) is 0 Å². The van der Waals surface area contributed by atoms with Crippen LogP contribution in [-0.4, -0.2) is 16.6 Å². The van der Waals surface area contributed by atoms with Crippen molar-refractivity contribution in [3.63, 3.8) is 0 Å². The second-order valence-electron chi connectivity index (χ2n) is 6.46. The maximum absolute atomic E-state index is 13.0. The zero-order valence-corrected chi connectivity index (χ0v) is 13.4. The first kappa shape index (κ1) is 15.5. The first-order chi connectivity index (χ1) is 10.9. The number of rotatable bonds is 4. The third-order valence-corrected chi connectivity index (χ3v) is 4.75. The van der Waals surface area contributed by atoms with Crippen LogP contribution in [0.5, 0.6) is 0 Å².